The van der Waals surface area contributed by atoms with Crippen molar-refractivity contribution in [2.24, 2.45) is 0 Å². The maximum atomic E-state index is 10.5. The van der Waals surface area contributed by atoms with Gasteiger partial charge in [0.25, 0.3) is 0 Å². The molecule has 2 nitrogen and oxygen atoms in total. The first-order valence-electron chi connectivity index (χ1n) is 6.62. The quantitative estimate of drug-likeness (QED) is 0.888. The molecule has 0 aliphatic carbocycles. The van der Waals surface area contributed by atoms with Crippen LogP contribution in [0.2, 0.25) is 0 Å². The molecule has 0 spiro atoms. The van der Waals surface area contributed by atoms with Gasteiger partial charge in [-0.25, -0.2) is 0 Å². The minimum Gasteiger partial charge on any atom is -0.391 e. The molecule has 2 unspecified atom stereocenters. The van der Waals surface area contributed by atoms with Gasteiger partial charge in [0.1, 0.15) is 0 Å². The summed E-state index contributed by atoms with van der Waals surface area (Å²) in [7, 11) is 4.01. The molecule has 2 heteroatoms. The minimum atomic E-state index is -0.417. The molecule has 0 radical (unpaired) electrons. The number of hydrogen-bond acceptors (Lipinski definition) is 2. The Hall–Kier alpha value is -1.64. The first-order chi connectivity index (χ1) is 9.18. The summed E-state index contributed by atoms with van der Waals surface area (Å²) in [5.74, 6) is 0. The van der Waals surface area contributed by atoms with Crippen LogP contribution in [0, 0.1) is 0 Å². The Morgan fingerprint density at radius 1 is 0.895 bits per heavy atom. The third-order valence-corrected chi connectivity index (χ3v) is 3.35. The van der Waals surface area contributed by atoms with Crippen molar-refractivity contribution in [2.45, 2.75) is 18.6 Å². The van der Waals surface area contributed by atoms with Gasteiger partial charge in [0, 0.05) is 6.42 Å². The molecule has 2 aromatic carbocycles. The van der Waals surface area contributed by atoms with E-state index >= 15 is 0 Å². The molecule has 0 saturated heterocycles. The SMILES string of the molecule is CN(C)C(c1ccccc1)C(O)Cc1ccccc1. The summed E-state index contributed by atoms with van der Waals surface area (Å²) in [6.07, 6.45) is 0.248. The van der Waals surface area contributed by atoms with Crippen LogP contribution in [0.4, 0.5) is 0 Å². The number of aliphatic hydroxyl groups excluding tert-OH is 1. The number of likely N-dealkylation sites (N-methyl/N-ethyl adjacent to an activating group) is 1. The Kier molecular flexibility index (Phi) is 4.72. The summed E-state index contributed by atoms with van der Waals surface area (Å²) in [6, 6.07) is 20.3. The van der Waals surface area contributed by atoms with E-state index in [2.05, 4.69) is 29.2 Å². The van der Waals surface area contributed by atoms with Crippen LogP contribution in [-0.2, 0) is 6.42 Å². The largest absolute Gasteiger partial charge is 0.391 e. The van der Waals surface area contributed by atoms with E-state index in [-0.39, 0.29) is 6.04 Å². The van der Waals surface area contributed by atoms with E-state index in [4.69, 9.17) is 0 Å². The van der Waals surface area contributed by atoms with E-state index in [9.17, 15) is 5.11 Å². The fraction of sp³-hybridized carbons (Fsp3) is 0.294. The van der Waals surface area contributed by atoms with Crippen LogP contribution in [0.1, 0.15) is 17.2 Å². The highest BCUT2D eigenvalue weighted by molar-refractivity contribution is 5.22. The first-order valence-corrected chi connectivity index (χ1v) is 6.62. The van der Waals surface area contributed by atoms with Crippen molar-refractivity contribution in [3.8, 4) is 0 Å². The molecule has 0 saturated carbocycles. The monoisotopic (exact) mass is 255 g/mol. The number of aliphatic hydroxyl groups is 1. The molecule has 0 fully saturated rings. The van der Waals surface area contributed by atoms with Gasteiger partial charge in [0.15, 0.2) is 0 Å². The second-order valence-electron chi connectivity index (χ2n) is 5.08. The van der Waals surface area contributed by atoms with Crippen molar-refractivity contribution in [1.29, 1.82) is 0 Å². The van der Waals surface area contributed by atoms with E-state index < -0.39 is 6.10 Å². The summed E-state index contributed by atoms with van der Waals surface area (Å²) >= 11 is 0. The highest BCUT2D eigenvalue weighted by Crippen LogP contribution is 2.24. The van der Waals surface area contributed by atoms with Crippen LogP contribution in [0.25, 0.3) is 0 Å². The normalized spacial score (nSPS) is 14.3. The average molecular weight is 255 g/mol. The summed E-state index contributed by atoms with van der Waals surface area (Å²) in [5, 5.41) is 10.5. The lowest BCUT2D eigenvalue weighted by molar-refractivity contribution is 0.0759. The van der Waals surface area contributed by atoms with E-state index in [0.717, 1.165) is 11.1 Å². The number of benzene rings is 2. The Morgan fingerprint density at radius 2 is 1.42 bits per heavy atom. The summed E-state index contributed by atoms with van der Waals surface area (Å²) < 4.78 is 0. The maximum absolute atomic E-state index is 10.5. The molecule has 0 aliphatic rings. The van der Waals surface area contributed by atoms with Crippen molar-refractivity contribution in [2.75, 3.05) is 14.1 Å². The third-order valence-electron chi connectivity index (χ3n) is 3.35. The standard InChI is InChI=1S/C17H21NO/c1-18(2)17(15-11-7-4-8-12-15)16(19)13-14-9-5-3-6-10-14/h3-12,16-17,19H,13H2,1-2H3. The van der Waals surface area contributed by atoms with Crippen LogP contribution in [-0.4, -0.2) is 30.2 Å². The average Bonchev–Trinajstić information content (AvgIpc) is 2.40. The van der Waals surface area contributed by atoms with Crippen LogP contribution in [0.5, 0.6) is 0 Å². The van der Waals surface area contributed by atoms with E-state index in [1.807, 2.05) is 50.5 Å². The maximum Gasteiger partial charge on any atom is 0.0777 e. The molecular formula is C17H21NO. The van der Waals surface area contributed by atoms with E-state index in [0.29, 0.717) is 6.42 Å². The molecule has 0 amide bonds. The lowest BCUT2D eigenvalue weighted by Gasteiger charge is -2.29. The molecule has 0 heterocycles. The minimum absolute atomic E-state index is 0.0152. The lowest BCUT2D eigenvalue weighted by Crippen LogP contribution is -2.32. The van der Waals surface area contributed by atoms with Gasteiger partial charge in [-0.3, -0.25) is 0 Å². The van der Waals surface area contributed by atoms with Gasteiger partial charge in [0.2, 0.25) is 0 Å². The molecule has 1 N–H and O–H groups in total. The molecule has 0 bridgehead atoms. The van der Waals surface area contributed by atoms with Crippen molar-refractivity contribution < 1.29 is 5.11 Å². The third kappa shape index (κ3) is 3.66. The highest BCUT2D eigenvalue weighted by Gasteiger charge is 2.23. The van der Waals surface area contributed by atoms with Crippen molar-refractivity contribution in [3.05, 3.63) is 71.8 Å². The molecule has 2 rings (SSSR count). The zero-order valence-corrected chi connectivity index (χ0v) is 11.5. The molecule has 19 heavy (non-hydrogen) atoms. The topological polar surface area (TPSA) is 23.5 Å². The van der Waals surface area contributed by atoms with Crippen LogP contribution in [0.15, 0.2) is 60.7 Å². The van der Waals surface area contributed by atoms with Crippen molar-refractivity contribution >= 4 is 0 Å². The van der Waals surface area contributed by atoms with Crippen molar-refractivity contribution in [3.63, 3.8) is 0 Å². The second-order valence-corrected chi connectivity index (χ2v) is 5.08. The Morgan fingerprint density at radius 3 is 1.95 bits per heavy atom. The molecule has 2 aromatic rings. The van der Waals surface area contributed by atoms with Gasteiger partial charge >= 0.3 is 0 Å². The van der Waals surface area contributed by atoms with Crippen LogP contribution < -0.4 is 0 Å². The van der Waals surface area contributed by atoms with Crippen LogP contribution in [0.3, 0.4) is 0 Å². The molecular weight excluding hydrogens is 234 g/mol. The van der Waals surface area contributed by atoms with Gasteiger partial charge < -0.3 is 10.0 Å². The van der Waals surface area contributed by atoms with E-state index in [1.54, 1.807) is 0 Å². The molecule has 0 aromatic heterocycles. The van der Waals surface area contributed by atoms with Crippen molar-refractivity contribution in [1.82, 2.24) is 4.90 Å². The number of rotatable bonds is 5. The predicted octanol–water partition coefficient (Wildman–Crippen LogP) is 2.89. The zero-order valence-electron chi connectivity index (χ0n) is 11.5. The van der Waals surface area contributed by atoms with Crippen LogP contribution >= 0.6 is 0 Å². The van der Waals surface area contributed by atoms with Gasteiger partial charge in [-0.2, -0.15) is 0 Å². The number of nitrogens with zero attached hydrogens (tertiary/aromatic N) is 1. The second kappa shape index (κ2) is 6.50. The summed E-state index contributed by atoms with van der Waals surface area (Å²) in [5.41, 5.74) is 2.31. The molecule has 2 atom stereocenters. The number of hydrogen-bond donors (Lipinski definition) is 1. The fourth-order valence-corrected chi connectivity index (χ4v) is 2.48. The Balaban J connectivity index is 2.16. The van der Waals surface area contributed by atoms with Gasteiger partial charge in [0.05, 0.1) is 12.1 Å². The lowest BCUT2D eigenvalue weighted by atomic mass is 9.95. The summed E-state index contributed by atoms with van der Waals surface area (Å²) in [6.45, 7) is 0. The Labute approximate surface area is 115 Å². The first kappa shape index (κ1) is 13.8. The molecule has 100 valence electrons. The smallest absolute Gasteiger partial charge is 0.0777 e. The molecule has 0 aliphatic heterocycles. The van der Waals surface area contributed by atoms with Gasteiger partial charge in [-0.1, -0.05) is 60.7 Å². The fourth-order valence-electron chi connectivity index (χ4n) is 2.48. The Bertz CT molecular complexity index is 481. The highest BCUT2D eigenvalue weighted by atomic mass is 16.3. The van der Waals surface area contributed by atoms with E-state index in [1.165, 1.54) is 0 Å². The van der Waals surface area contributed by atoms with Gasteiger partial charge in [-0.15, -0.1) is 0 Å². The van der Waals surface area contributed by atoms with Gasteiger partial charge in [-0.05, 0) is 25.2 Å². The predicted molar refractivity (Wildman–Crippen MR) is 79.0 cm³/mol. The summed E-state index contributed by atoms with van der Waals surface area (Å²) in [4.78, 5) is 2.07. The zero-order chi connectivity index (χ0) is 13.7.